The van der Waals surface area contributed by atoms with E-state index in [0.717, 1.165) is 12.0 Å². The molecule has 2 heterocycles. The first-order valence-electron chi connectivity index (χ1n) is 15.3. The molecule has 4 aromatic rings. The van der Waals surface area contributed by atoms with Crippen molar-refractivity contribution in [3.05, 3.63) is 109 Å². The summed E-state index contributed by atoms with van der Waals surface area (Å²) in [6.45, 7) is 8.33. The number of aromatic nitrogens is 3. The maximum absolute atomic E-state index is 15.5. The van der Waals surface area contributed by atoms with Gasteiger partial charge in [-0.2, -0.15) is 0 Å². The van der Waals surface area contributed by atoms with Gasteiger partial charge >= 0.3 is 6.09 Å². The molecule has 0 bridgehead atoms. The average Bonchev–Trinajstić information content (AvgIpc) is 3.46. The monoisotopic (exact) mass is 608 g/mol. The van der Waals surface area contributed by atoms with Gasteiger partial charge in [-0.1, -0.05) is 92.7 Å². The summed E-state index contributed by atoms with van der Waals surface area (Å²) in [5, 5.41) is 10.2. The summed E-state index contributed by atoms with van der Waals surface area (Å²) in [5.41, 5.74) is 2.15. The third-order valence-corrected chi connectivity index (χ3v) is 14.5. The second-order valence-corrected chi connectivity index (χ2v) is 17.5. The molecule has 7 nitrogen and oxygen atoms in total. The van der Waals surface area contributed by atoms with E-state index in [1.54, 1.807) is 23.1 Å². The Labute approximate surface area is 258 Å². The third-order valence-electron chi connectivity index (χ3n) is 9.50. The van der Waals surface area contributed by atoms with Gasteiger partial charge in [0.15, 0.2) is 0 Å². The summed E-state index contributed by atoms with van der Waals surface area (Å²) in [4.78, 5) is 14.0. The SMILES string of the molecule is CC(C)(C)[Si](OCC1C2C=C(c3ccc(N4C[C@H](Cn5ccnn5)OC4=O)cc3F)CC21)(c1ccccc1)c1ccccc1. The van der Waals surface area contributed by atoms with Gasteiger partial charge in [-0.3, -0.25) is 4.90 Å². The fourth-order valence-corrected chi connectivity index (χ4v) is 11.9. The van der Waals surface area contributed by atoms with Crippen LogP contribution < -0.4 is 15.3 Å². The van der Waals surface area contributed by atoms with Gasteiger partial charge in [0.2, 0.25) is 0 Å². The molecule has 1 saturated carbocycles. The van der Waals surface area contributed by atoms with Crippen molar-refractivity contribution in [3.63, 3.8) is 0 Å². The van der Waals surface area contributed by atoms with Gasteiger partial charge in [0.1, 0.15) is 11.9 Å². The van der Waals surface area contributed by atoms with Crippen molar-refractivity contribution >= 4 is 36.0 Å². The van der Waals surface area contributed by atoms with E-state index in [4.69, 9.17) is 9.16 Å². The Kier molecular flexibility index (Phi) is 7.25. The topological polar surface area (TPSA) is 69.5 Å². The number of cyclic esters (lactones) is 1. The van der Waals surface area contributed by atoms with Crippen molar-refractivity contribution in [2.45, 2.75) is 44.9 Å². The van der Waals surface area contributed by atoms with Crippen LogP contribution >= 0.6 is 0 Å². The minimum absolute atomic E-state index is 0.0657. The van der Waals surface area contributed by atoms with Gasteiger partial charge in [-0.25, -0.2) is 13.9 Å². The number of nitrogens with zero attached hydrogens (tertiary/aromatic N) is 4. The maximum atomic E-state index is 15.5. The second-order valence-electron chi connectivity index (χ2n) is 13.2. The Balaban J connectivity index is 1.05. The number of ether oxygens (including phenoxy) is 1. The van der Waals surface area contributed by atoms with Crippen molar-refractivity contribution in [1.82, 2.24) is 15.0 Å². The lowest BCUT2D eigenvalue weighted by atomic mass is 10.00. The van der Waals surface area contributed by atoms with E-state index in [2.05, 4.69) is 97.8 Å². The van der Waals surface area contributed by atoms with Crippen LogP contribution in [0.2, 0.25) is 5.04 Å². The fraction of sp³-hybridized carbons (Fsp3) is 0.343. The van der Waals surface area contributed by atoms with E-state index in [1.807, 2.05) is 6.07 Å². The summed E-state index contributed by atoms with van der Waals surface area (Å²) in [6.07, 6.45) is 5.53. The molecule has 7 rings (SSSR count). The van der Waals surface area contributed by atoms with E-state index in [9.17, 15) is 4.79 Å². The van der Waals surface area contributed by atoms with Gasteiger partial charge in [0.25, 0.3) is 8.32 Å². The molecule has 1 aromatic heterocycles. The molecule has 1 saturated heterocycles. The zero-order valence-corrected chi connectivity index (χ0v) is 26.3. The number of hydrogen-bond donors (Lipinski definition) is 0. The van der Waals surface area contributed by atoms with Crippen LogP contribution in [0.3, 0.4) is 0 Å². The molecule has 3 unspecified atom stereocenters. The van der Waals surface area contributed by atoms with Crippen LogP contribution in [0, 0.1) is 23.6 Å². The predicted molar refractivity (Wildman–Crippen MR) is 171 cm³/mol. The molecular weight excluding hydrogens is 571 g/mol. The van der Waals surface area contributed by atoms with Crippen molar-refractivity contribution in [2.75, 3.05) is 18.1 Å². The number of carbonyl (C=O) groups is 1. The number of hydrogen-bond acceptors (Lipinski definition) is 5. The summed E-state index contributed by atoms with van der Waals surface area (Å²) in [7, 11) is -2.59. The number of halogens is 1. The van der Waals surface area contributed by atoms with Crippen molar-refractivity contribution < 1.29 is 18.3 Å². The first kappa shape index (κ1) is 28.7. The lowest BCUT2D eigenvalue weighted by Crippen LogP contribution is -2.66. The van der Waals surface area contributed by atoms with Crippen LogP contribution in [0.25, 0.3) is 5.57 Å². The minimum Gasteiger partial charge on any atom is -0.442 e. The Bertz CT molecular complexity index is 1630. The van der Waals surface area contributed by atoms with Gasteiger partial charge in [-0.15, -0.1) is 5.10 Å². The zero-order valence-electron chi connectivity index (χ0n) is 25.3. The Morgan fingerprint density at radius 2 is 1.73 bits per heavy atom. The quantitative estimate of drug-likeness (QED) is 0.229. The molecule has 4 atom stereocenters. The van der Waals surface area contributed by atoms with Crippen LogP contribution in [0.1, 0.15) is 32.8 Å². The van der Waals surface area contributed by atoms with Crippen molar-refractivity contribution in [2.24, 2.45) is 17.8 Å². The molecule has 0 spiro atoms. The second kappa shape index (κ2) is 11.1. The first-order valence-corrected chi connectivity index (χ1v) is 17.2. The summed E-state index contributed by atoms with van der Waals surface area (Å²) < 4.78 is 29.8. The van der Waals surface area contributed by atoms with Crippen LogP contribution in [-0.2, 0) is 15.7 Å². The standard InChI is InChI=1S/C35H37FN4O3Si/c1-35(2,3)44(27-10-6-4-7-11-27,28-12-8-5-9-13-28)42-23-32-30-18-24(19-31(30)32)29-15-14-25(20-33(29)36)40-22-26(43-34(40)41)21-39-17-16-37-38-39/h4-18,20,26,30-32H,19,21-23H2,1-3H3/t26-,30?,31?,32?/m0/s1. The molecular formula is C35H37FN4O3Si. The van der Waals surface area contributed by atoms with E-state index in [-0.39, 0.29) is 17.0 Å². The molecule has 1 amide bonds. The van der Waals surface area contributed by atoms with Crippen LogP contribution in [0.15, 0.2) is 97.3 Å². The van der Waals surface area contributed by atoms with Crippen LogP contribution in [0.5, 0.6) is 0 Å². The van der Waals surface area contributed by atoms with Crippen molar-refractivity contribution in [3.8, 4) is 0 Å². The number of benzene rings is 3. The highest BCUT2D eigenvalue weighted by molar-refractivity contribution is 6.99. The maximum Gasteiger partial charge on any atom is 0.414 e. The molecule has 9 heteroatoms. The number of allylic oxidation sites excluding steroid dienone is 2. The van der Waals surface area contributed by atoms with Gasteiger partial charge in [0.05, 0.1) is 25.0 Å². The Hall–Kier alpha value is -4.08. The zero-order chi connectivity index (χ0) is 30.5. The normalized spacial score (nSPS) is 23.0. The van der Waals surface area contributed by atoms with Crippen LogP contribution in [-0.4, -0.2) is 48.7 Å². The molecule has 0 N–H and O–H groups in total. The number of rotatable bonds is 9. The molecule has 3 aliphatic rings. The van der Waals surface area contributed by atoms with E-state index in [1.165, 1.54) is 21.3 Å². The molecule has 3 aromatic carbocycles. The van der Waals surface area contributed by atoms with Gasteiger partial charge in [0, 0.05) is 18.4 Å². The Morgan fingerprint density at radius 1 is 1.02 bits per heavy atom. The number of anilines is 1. The number of carbonyl (C=O) groups excluding carboxylic acids is 1. The van der Waals surface area contributed by atoms with E-state index < -0.39 is 14.4 Å². The fourth-order valence-electron chi connectivity index (χ4n) is 7.28. The lowest BCUT2D eigenvalue weighted by Gasteiger charge is -2.43. The van der Waals surface area contributed by atoms with Crippen molar-refractivity contribution in [1.29, 1.82) is 0 Å². The highest BCUT2D eigenvalue weighted by Gasteiger charge is 2.56. The number of amides is 1. The highest BCUT2D eigenvalue weighted by atomic mass is 28.4. The summed E-state index contributed by atoms with van der Waals surface area (Å²) in [6, 6.07) is 26.5. The molecule has 226 valence electrons. The van der Waals surface area contributed by atoms with Crippen LogP contribution in [0.4, 0.5) is 14.9 Å². The van der Waals surface area contributed by atoms with Gasteiger partial charge < -0.3 is 9.16 Å². The summed E-state index contributed by atoms with van der Waals surface area (Å²) in [5.74, 6) is 0.980. The van der Waals surface area contributed by atoms with E-state index in [0.29, 0.717) is 48.7 Å². The third kappa shape index (κ3) is 5.07. The Morgan fingerprint density at radius 3 is 2.30 bits per heavy atom. The largest absolute Gasteiger partial charge is 0.442 e. The summed E-state index contributed by atoms with van der Waals surface area (Å²) >= 11 is 0. The molecule has 1 aliphatic heterocycles. The average molecular weight is 609 g/mol. The minimum atomic E-state index is -2.59. The molecule has 44 heavy (non-hydrogen) atoms. The predicted octanol–water partition coefficient (Wildman–Crippen LogP) is 5.67. The molecule has 0 radical (unpaired) electrons. The van der Waals surface area contributed by atoms with Gasteiger partial charge in [-0.05, 0) is 63.4 Å². The molecule has 2 fully saturated rings. The first-order chi connectivity index (χ1) is 21.2. The number of fused-ring (bicyclic) bond motifs is 1. The highest BCUT2D eigenvalue weighted by Crippen LogP contribution is 2.58. The smallest absolute Gasteiger partial charge is 0.414 e. The molecule has 2 aliphatic carbocycles. The lowest BCUT2D eigenvalue weighted by molar-refractivity contribution is 0.129. The van der Waals surface area contributed by atoms with E-state index >= 15 is 4.39 Å².